The lowest BCUT2D eigenvalue weighted by molar-refractivity contribution is 0.0956. The molecule has 0 unspecified atom stereocenters. The van der Waals surface area contributed by atoms with Crippen molar-refractivity contribution < 1.29 is 14.3 Å². The summed E-state index contributed by atoms with van der Waals surface area (Å²) in [5.74, 6) is 1.16. The molecule has 1 aliphatic carbocycles. The first-order valence-corrected chi connectivity index (χ1v) is 14.2. The van der Waals surface area contributed by atoms with Crippen molar-refractivity contribution in [3.63, 3.8) is 0 Å². The number of carbonyl (C=O) groups excluding carboxylic acids is 2. The Labute approximate surface area is 241 Å². The SMILES string of the molecule is CCNC(=O)c1ccc(-c2cc(NC(=O)N[C@@H]3C[C@@H](CCOC)C[C@H]3c3ccccc3)n(-c3ccccc3)n2)cc1. The maximum atomic E-state index is 13.4. The van der Waals surface area contributed by atoms with E-state index in [2.05, 4.69) is 40.2 Å². The highest BCUT2D eigenvalue weighted by Gasteiger charge is 2.36. The van der Waals surface area contributed by atoms with E-state index in [1.807, 2.05) is 61.5 Å². The second-order valence-corrected chi connectivity index (χ2v) is 10.4. The normalized spacial score (nSPS) is 18.1. The van der Waals surface area contributed by atoms with Crippen molar-refractivity contribution in [1.29, 1.82) is 0 Å². The van der Waals surface area contributed by atoms with Gasteiger partial charge in [0.25, 0.3) is 5.91 Å². The quantitative estimate of drug-likeness (QED) is 0.225. The number of ether oxygens (including phenoxy) is 1. The van der Waals surface area contributed by atoms with Crippen LogP contribution < -0.4 is 16.0 Å². The third kappa shape index (κ3) is 6.84. The van der Waals surface area contributed by atoms with Gasteiger partial charge in [0, 0.05) is 49.4 Å². The Morgan fingerprint density at radius 2 is 1.66 bits per heavy atom. The van der Waals surface area contributed by atoms with Gasteiger partial charge in [-0.25, -0.2) is 9.48 Å². The van der Waals surface area contributed by atoms with E-state index in [1.165, 1.54) is 5.56 Å². The number of amides is 3. The lowest BCUT2D eigenvalue weighted by atomic mass is 9.93. The van der Waals surface area contributed by atoms with Crippen LogP contribution in [0.3, 0.4) is 0 Å². The Bertz CT molecular complexity index is 1440. The molecule has 1 fully saturated rings. The molecule has 8 nitrogen and oxygen atoms in total. The molecule has 0 aliphatic heterocycles. The first kappa shape index (κ1) is 28.1. The highest BCUT2D eigenvalue weighted by molar-refractivity contribution is 5.94. The van der Waals surface area contributed by atoms with E-state index in [4.69, 9.17) is 9.84 Å². The highest BCUT2D eigenvalue weighted by Crippen LogP contribution is 2.40. The fraction of sp³-hybridized carbons (Fsp3) is 0.303. The lowest BCUT2D eigenvalue weighted by Crippen LogP contribution is -2.39. The van der Waals surface area contributed by atoms with Gasteiger partial charge in [0.05, 0.1) is 11.4 Å². The average Bonchev–Trinajstić information content (AvgIpc) is 3.61. The summed E-state index contributed by atoms with van der Waals surface area (Å²) in [6.45, 7) is 3.18. The molecule has 1 saturated carbocycles. The molecular formula is C33H37N5O3. The van der Waals surface area contributed by atoms with Crippen LogP contribution in [-0.2, 0) is 4.74 Å². The second kappa shape index (κ2) is 13.3. The average molecular weight is 552 g/mol. The minimum absolute atomic E-state index is 0.00800. The Morgan fingerprint density at radius 1 is 0.951 bits per heavy atom. The molecule has 8 heteroatoms. The van der Waals surface area contributed by atoms with Gasteiger partial charge in [-0.1, -0.05) is 60.7 Å². The molecule has 3 N–H and O–H groups in total. The van der Waals surface area contributed by atoms with E-state index in [1.54, 1.807) is 23.9 Å². The molecule has 0 spiro atoms. The first-order valence-electron chi connectivity index (χ1n) is 14.2. The predicted octanol–water partition coefficient (Wildman–Crippen LogP) is 6.01. The van der Waals surface area contributed by atoms with Crippen LogP contribution in [0.1, 0.15) is 48.0 Å². The number of benzene rings is 3. The van der Waals surface area contributed by atoms with E-state index in [-0.39, 0.29) is 23.9 Å². The van der Waals surface area contributed by atoms with Crippen LogP contribution in [0.2, 0.25) is 0 Å². The van der Waals surface area contributed by atoms with Gasteiger partial charge in [-0.2, -0.15) is 5.10 Å². The van der Waals surface area contributed by atoms with E-state index < -0.39 is 0 Å². The highest BCUT2D eigenvalue weighted by atomic mass is 16.5. The molecule has 3 amide bonds. The van der Waals surface area contributed by atoms with Crippen molar-refractivity contribution in [2.75, 3.05) is 25.6 Å². The number of carbonyl (C=O) groups is 2. The summed E-state index contributed by atoms with van der Waals surface area (Å²) in [7, 11) is 1.73. The smallest absolute Gasteiger partial charge is 0.320 e. The summed E-state index contributed by atoms with van der Waals surface area (Å²) in [6, 6.07) is 29.0. The summed E-state index contributed by atoms with van der Waals surface area (Å²) in [5, 5.41) is 14.0. The summed E-state index contributed by atoms with van der Waals surface area (Å²) in [5.41, 5.74) is 4.19. The van der Waals surface area contributed by atoms with Crippen molar-refractivity contribution >= 4 is 17.8 Å². The monoisotopic (exact) mass is 551 g/mol. The third-order valence-electron chi connectivity index (χ3n) is 7.67. The third-order valence-corrected chi connectivity index (χ3v) is 7.67. The van der Waals surface area contributed by atoms with Gasteiger partial charge in [-0.05, 0) is 61.9 Å². The van der Waals surface area contributed by atoms with Crippen LogP contribution in [-0.4, -0.2) is 48.0 Å². The number of hydrogen-bond acceptors (Lipinski definition) is 4. The van der Waals surface area contributed by atoms with E-state index in [0.29, 0.717) is 36.1 Å². The zero-order chi connectivity index (χ0) is 28.6. The summed E-state index contributed by atoms with van der Waals surface area (Å²) in [6.07, 6.45) is 2.89. The van der Waals surface area contributed by atoms with Crippen molar-refractivity contribution in [2.24, 2.45) is 5.92 Å². The van der Waals surface area contributed by atoms with Gasteiger partial charge < -0.3 is 15.4 Å². The van der Waals surface area contributed by atoms with Gasteiger partial charge in [0.2, 0.25) is 0 Å². The topological polar surface area (TPSA) is 97.3 Å². The van der Waals surface area contributed by atoms with Crippen LogP contribution in [0.15, 0.2) is 91.0 Å². The Morgan fingerprint density at radius 3 is 2.34 bits per heavy atom. The number of rotatable bonds is 10. The largest absolute Gasteiger partial charge is 0.385 e. The molecule has 3 aromatic carbocycles. The van der Waals surface area contributed by atoms with Crippen LogP contribution in [0.4, 0.5) is 10.6 Å². The van der Waals surface area contributed by atoms with Crippen LogP contribution in [0.25, 0.3) is 16.9 Å². The predicted molar refractivity (Wildman–Crippen MR) is 161 cm³/mol. The lowest BCUT2D eigenvalue weighted by Gasteiger charge is -2.21. The van der Waals surface area contributed by atoms with Gasteiger partial charge in [-0.3, -0.25) is 10.1 Å². The molecule has 0 saturated heterocycles. The molecule has 212 valence electrons. The molecule has 0 bridgehead atoms. The number of anilines is 1. The summed E-state index contributed by atoms with van der Waals surface area (Å²) < 4.78 is 7.07. The van der Waals surface area contributed by atoms with E-state index >= 15 is 0 Å². The molecule has 4 aromatic rings. The van der Waals surface area contributed by atoms with Gasteiger partial charge >= 0.3 is 6.03 Å². The number of hydrogen-bond donors (Lipinski definition) is 3. The fourth-order valence-corrected chi connectivity index (χ4v) is 5.64. The Hall–Kier alpha value is -4.43. The molecule has 41 heavy (non-hydrogen) atoms. The summed E-state index contributed by atoms with van der Waals surface area (Å²) >= 11 is 0. The fourth-order valence-electron chi connectivity index (χ4n) is 5.64. The first-order chi connectivity index (χ1) is 20.1. The Balaban J connectivity index is 1.37. The van der Waals surface area contributed by atoms with Gasteiger partial charge in [-0.15, -0.1) is 0 Å². The Kier molecular flexibility index (Phi) is 9.11. The van der Waals surface area contributed by atoms with E-state index in [0.717, 1.165) is 30.5 Å². The molecule has 1 heterocycles. The number of para-hydroxylation sites is 1. The molecule has 0 radical (unpaired) electrons. The number of urea groups is 1. The second-order valence-electron chi connectivity index (χ2n) is 10.4. The van der Waals surface area contributed by atoms with Crippen molar-refractivity contribution in [1.82, 2.24) is 20.4 Å². The number of nitrogens with zero attached hydrogens (tertiary/aromatic N) is 2. The molecule has 5 rings (SSSR count). The van der Waals surface area contributed by atoms with Crippen LogP contribution in [0, 0.1) is 5.92 Å². The summed E-state index contributed by atoms with van der Waals surface area (Å²) in [4.78, 5) is 25.6. The van der Waals surface area contributed by atoms with Crippen LogP contribution >= 0.6 is 0 Å². The van der Waals surface area contributed by atoms with Crippen molar-refractivity contribution in [3.05, 3.63) is 102 Å². The standard InChI is InChI=1S/C33H37N5O3/c1-3-34-32(39)26-16-14-25(15-17-26)29-22-31(38(37-29)27-12-8-5-9-13-27)36-33(40)35-30-21-23(18-19-41-2)20-28(30)24-10-6-4-7-11-24/h4-17,22-23,28,30H,3,18-21H2,1-2H3,(H,34,39)(H2,35,36,40)/t23-,28-,30+/m0/s1. The molecule has 1 aliphatic rings. The minimum atomic E-state index is -0.265. The van der Waals surface area contributed by atoms with Crippen molar-refractivity contribution in [3.8, 4) is 16.9 Å². The van der Waals surface area contributed by atoms with E-state index in [9.17, 15) is 9.59 Å². The molecule has 3 atom stereocenters. The zero-order valence-corrected chi connectivity index (χ0v) is 23.5. The van der Waals surface area contributed by atoms with Gasteiger partial charge in [0.1, 0.15) is 5.82 Å². The van der Waals surface area contributed by atoms with Gasteiger partial charge in [0.15, 0.2) is 0 Å². The molecular weight excluding hydrogens is 514 g/mol. The van der Waals surface area contributed by atoms with Crippen LogP contribution in [0.5, 0.6) is 0 Å². The zero-order valence-electron chi connectivity index (χ0n) is 23.5. The number of methoxy groups -OCH3 is 1. The maximum absolute atomic E-state index is 13.4. The minimum Gasteiger partial charge on any atom is -0.385 e. The van der Waals surface area contributed by atoms with Crippen molar-refractivity contribution in [2.45, 2.75) is 38.1 Å². The number of nitrogens with one attached hydrogen (secondary N) is 3. The molecule has 1 aromatic heterocycles. The number of aromatic nitrogens is 2. The maximum Gasteiger partial charge on any atom is 0.320 e.